The first-order chi connectivity index (χ1) is 7.31. The van der Waals surface area contributed by atoms with Gasteiger partial charge in [0.25, 0.3) is 0 Å². The summed E-state index contributed by atoms with van der Waals surface area (Å²) < 4.78 is 0. The Kier molecular flexibility index (Phi) is 3.42. The molecule has 0 N–H and O–H groups in total. The highest BCUT2D eigenvalue weighted by Crippen LogP contribution is 2.36. The van der Waals surface area contributed by atoms with E-state index in [2.05, 4.69) is 37.3 Å². The van der Waals surface area contributed by atoms with Gasteiger partial charge in [0, 0.05) is 10.2 Å². The minimum Gasteiger partial charge on any atom is -0.0836 e. The third kappa shape index (κ3) is 2.40. The molecule has 0 heterocycles. The summed E-state index contributed by atoms with van der Waals surface area (Å²) in [5, 5.41) is 1.49. The second-order valence-corrected chi connectivity index (χ2v) is 5.75. The number of allylic oxidation sites excluding steroid dienone is 2. The molecule has 0 atom stereocenters. The molecule has 0 saturated heterocycles. The Balaban J connectivity index is 2.23. The third-order valence-corrected chi connectivity index (χ3v) is 4.16. The molecule has 0 unspecified atom stereocenters. The molecule has 0 spiro atoms. The van der Waals surface area contributed by atoms with Gasteiger partial charge in [0.2, 0.25) is 0 Å². The molecule has 15 heavy (non-hydrogen) atoms. The van der Waals surface area contributed by atoms with Gasteiger partial charge in [-0.1, -0.05) is 48.4 Å². The van der Waals surface area contributed by atoms with E-state index in [9.17, 15) is 0 Å². The lowest BCUT2D eigenvalue weighted by Crippen LogP contribution is -2.03. The zero-order valence-electron chi connectivity index (χ0n) is 9.79. The Hall–Kier alpha value is -0.823. The van der Waals surface area contributed by atoms with E-state index in [1.54, 1.807) is 5.57 Å². The molecule has 1 heteroatoms. The van der Waals surface area contributed by atoms with Crippen molar-refractivity contribution in [3.05, 3.63) is 35.9 Å². The molecule has 0 bridgehead atoms. The fraction of sp³-hybridized carbons (Fsp3) is 0.429. The molecule has 1 aromatic carbocycles. The molecule has 0 aromatic heterocycles. The monoisotopic (exact) mass is 216 g/mol. The SMILES string of the molecule is C/C=C(\c1ccc([SiH3])cc1)C1CCCC1. The predicted molar refractivity (Wildman–Crippen MR) is 71.6 cm³/mol. The first-order valence-electron chi connectivity index (χ1n) is 6.04. The summed E-state index contributed by atoms with van der Waals surface area (Å²) in [5.41, 5.74) is 3.03. The number of rotatable bonds is 2. The predicted octanol–water partition coefficient (Wildman–Crippen LogP) is 2.27. The zero-order valence-corrected chi connectivity index (χ0v) is 11.8. The molecule has 2 rings (SSSR count). The molecular formula is C14H20Si. The van der Waals surface area contributed by atoms with Crippen molar-refractivity contribution in [3.63, 3.8) is 0 Å². The second kappa shape index (κ2) is 4.80. The number of hydrogen-bond donors (Lipinski definition) is 0. The maximum Gasteiger partial charge on any atom is 0.0384 e. The molecule has 1 aromatic rings. The molecule has 80 valence electrons. The van der Waals surface area contributed by atoms with Crippen molar-refractivity contribution in [1.29, 1.82) is 0 Å². The van der Waals surface area contributed by atoms with E-state index in [0.717, 1.165) is 16.2 Å². The van der Waals surface area contributed by atoms with Gasteiger partial charge in [-0.3, -0.25) is 0 Å². The first-order valence-corrected chi connectivity index (χ1v) is 7.04. The van der Waals surface area contributed by atoms with Crippen LogP contribution in [-0.2, 0) is 0 Å². The molecule has 1 saturated carbocycles. The third-order valence-electron chi connectivity index (χ3n) is 3.49. The number of hydrogen-bond acceptors (Lipinski definition) is 0. The quantitative estimate of drug-likeness (QED) is 0.665. The summed E-state index contributed by atoms with van der Waals surface area (Å²) in [6, 6.07) is 9.16. The number of benzene rings is 1. The topological polar surface area (TPSA) is 0 Å². The van der Waals surface area contributed by atoms with Gasteiger partial charge in [0.15, 0.2) is 0 Å². The normalized spacial score (nSPS) is 18.6. The summed E-state index contributed by atoms with van der Waals surface area (Å²) in [4.78, 5) is 0. The van der Waals surface area contributed by atoms with Gasteiger partial charge in [-0.05, 0) is 36.8 Å². The van der Waals surface area contributed by atoms with E-state index < -0.39 is 0 Å². The van der Waals surface area contributed by atoms with Crippen LogP contribution in [0.4, 0.5) is 0 Å². The molecule has 1 fully saturated rings. The second-order valence-electron chi connectivity index (χ2n) is 4.59. The summed E-state index contributed by atoms with van der Waals surface area (Å²) in [7, 11) is 1.16. The molecule has 1 aliphatic carbocycles. The van der Waals surface area contributed by atoms with Crippen LogP contribution in [0.5, 0.6) is 0 Å². The van der Waals surface area contributed by atoms with Crippen LogP contribution in [0.15, 0.2) is 30.3 Å². The Bertz CT molecular complexity index is 342. The van der Waals surface area contributed by atoms with Crippen LogP contribution < -0.4 is 5.19 Å². The van der Waals surface area contributed by atoms with Gasteiger partial charge in [-0.15, -0.1) is 0 Å². The Morgan fingerprint density at radius 2 is 1.80 bits per heavy atom. The molecule has 1 aliphatic rings. The molecule has 0 aliphatic heterocycles. The summed E-state index contributed by atoms with van der Waals surface area (Å²) >= 11 is 0. The summed E-state index contributed by atoms with van der Waals surface area (Å²) in [6.07, 6.45) is 7.93. The van der Waals surface area contributed by atoms with Crippen molar-refractivity contribution in [2.45, 2.75) is 32.6 Å². The van der Waals surface area contributed by atoms with Gasteiger partial charge in [-0.25, -0.2) is 0 Å². The Labute approximate surface area is 95.8 Å². The van der Waals surface area contributed by atoms with E-state index in [0.29, 0.717) is 0 Å². The van der Waals surface area contributed by atoms with Gasteiger partial charge >= 0.3 is 0 Å². The smallest absolute Gasteiger partial charge is 0.0384 e. The lowest BCUT2D eigenvalue weighted by atomic mass is 9.91. The Morgan fingerprint density at radius 1 is 1.20 bits per heavy atom. The van der Waals surface area contributed by atoms with E-state index in [4.69, 9.17) is 0 Å². The molecular weight excluding hydrogens is 196 g/mol. The Morgan fingerprint density at radius 3 is 2.33 bits per heavy atom. The highest BCUT2D eigenvalue weighted by molar-refractivity contribution is 6.32. The highest BCUT2D eigenvalue weighted by Gasteiger charge is 2.19. The van der Waals surface area contributed by atoms with Crippen molar-refractivity contribution in [2.75, 3.05) is 0 Å². The van der Waals surface area contributed by atoms with E-state index in [-0.39, 0.29) is 0 Å². The van der Waals surface area contributed by atoms with Crippen LogP contribution in [0.2, 0.25) is 0 Å². The largest absolute Gasteiger partial charge is 0.0836 e. The lowest BCUT2D eigenvalue weighted by molar-refractivity contribution is 0.705. The lowest BCUT2D eigenvalue weighted by Gasteiger charge is -2.14. The first kappa shape index (κ1) is 10.7. The van der Waals surface area contributed by atoms with Crippen molar-refractivity contribution in [1.82, 2.24) is 0 Å². The van der Waals surface area contributed by atoms with E-state index in [1.807, 2.05) is 0 Å². The van der Waals surface area contributed by atoms with Gasteiger partial charge in [-0.2, -0.15) is 0 Å². The van der Waals surface area contributed by atoms with Crippen molar-refractivity contribution in [2.24, 2.45) is 5.92 Å². The van der Waals surface area contributed by atoms with Crippen LogP contribution in [-0.4, -0.2) is 10.2 Å². The fourth-order valence-corrected chi connectivity index (χ4v) is 2.95. The van der Waals surface area contributed by atoms with Crippen LogP contribution in [0.3, 0.4) is 0 Å². The van der Waals surface area contributed by atoms with E-state index >= 15 is 0 Å². The standard InChI is InChI=1S/C14H20Si/c1-2-14(11-5-3-4-6-11)12-7-9-13(15)10-8-12/h2,7-11H,3-6H2,1,15H3/b14-2-. The van der Waals surface area contributed by atoms with Crippen LogP contribution in [0.1, 0.15) is 38.2 Å². The molecule has 0 nitrogen and oxygen atoms in total. The van der Waals surface area contributed by atoms with Gasteiger partial charge < -0.3 is 0 Å². The minimum absolute atomic E-state index is 0.829. The maximum atomic E-state index is 2.32. The summed E-state index contributed by atoms with van der Waals surface area (Å²) in [6.45, 7) is 2.18. The molecule has 0 amide bonds. The van der Waals surface area contributed by atoms with Crippen LogP contribution in [0.25, 0.3) is 5.57 Å². The van der Waals surface area contributed by atoms with Crippen molar-refractivity contribution >= 4 is 21.0 Å². The zero-order chi connectivity index (χ0) is 10.7. The van der Waals surface area contributed by atoms with Gasteiger partial charge in [0.05, 0.1) is 0 Å². The van der Waals surface area contributed by atoms with Crippen molar-refractivity contribution < 1.29 is 0 Å². The average Bonchev–Trinajstić information content (AvgIpc) is 2.75. The van der Waals surface area contributed by atoms with Crippen LogP contribution >= 0.6 is 0 Å². The van der Waals surface area contributed by atoms with Crippen LogP contribution in [0, 0.1) is 5.92 Å². The van der Waals surface area contributed by atoms with Crippen molar-refractivity contribution in [3.8, 4) is 0 Å². The summed E-state index contributed by atoms with van der Waals surface area (Å²) in [5.74, 6) is 0.829. The van der Waals surface area contributed by atoms with E-state index in [1.165, 1.54) is 36.4 Å². The average molecular weight is 216 g/mol. The maximum absolute atomic E-state index is 2.32. The molecule has 0 radical (unpaired) electrons. The highest BCUT2D eigenvalue weighted by atomic mass is 28.1. The van der Waals surface area contributed by atoms with Gasteiger partial charge in [0.1, 0.15) is 0 Å². The minimum atomic E-state index is 0.829. The fourth-order valence-electron chi connectivity index (χ4n) is 2.62.